The molecule has 0 saturated carbocycles. The second-order valence-electron chi connectivity index (χ2n) is 8.58. The predicted molar refractivity (Wildman–Crippen MR) is 126 cm³/mol. The quantitative estimate of drug-likeness (QED) is 0.661. The smallest absolute Gasteiger partial charge is 0.407 e. The summed E-state index contributed by atoms with van der Waals surface area (Å²) in [6.07, 6.45) is -0.613. The highest BCUT2D eigenvalue weighted by Crippen LogP contribution is 2.15. The highest BCUT2D eigenvalue weighted by molar-refractivity contribution is 5.96. The van der Waals surface area contributed by atoms with Gasteiger partial charge in [0.2, 0.25) is 5.91 Å². The van der Waals surface area contributed by atoms with Crippen LogP contribution in [0.1, 0.15) is 25.0 Å². The SMILES string of the molecule is COC(=O)NC(C(=O)Nc1ccc(CN2CCN(Cc3ccccc3)CC2)cc1)C(C)C. The molecule has 1 aliphatic rings. The van der Waals surface area contributed by atoms with Gasteiger partial charge in [0.1, 0.15) is 6.04 Å². The number of rotatable bonds is 8. The number of ether oxygens (including phenoxy) is 1. The standard InChI is InChI=1S/C25H34N4O3/c1-19(2)23(27-25(31)32-3)24(30)26-22-11-9-21(10-12-22)18-29-15-13-28(14-16-29)17-20-7-5-4-6-8-20/h4-12,19,23H,13-18H2,1-3H3,(H,26,30)(H,27,31). The Morgan fingerprint density at radius 2 is 1.41 bits per heavy atom. The van der Waals surface area contributed by atoms with Gasteiger partial charge in [-0.25, -0.2) is 4.79 Å². The van der Waals surface area contributed by atoms with E-state index >= 15 is 0 Å². The van der Waals surface area contributed by atoms with E-state index in [2.05, 4.69) is 55.5 Å². The van der Waals surface area contributed by atoms with E-state index in [0.29, 0.717) is 5.69 Å². The Kier molecular flexibility index (Phi) is 8.64. The minimum Gasteiger partial charge on any atom is -0.453 e. The molecule has 0 aromatic heterocycles. The van der Waals surface area contributed by atoms with Crippen molar-refractivity contribution in [1.29, 1.82) is 0 Å². The van der Waals surface area contributed by atoms with Gasteiger partial charge in [0.15, 0.2) is 0 Å². The van der Waals surface area contributed by atoms with Crippen LogP contribution in [-0.2, 0) is 22.6 Å². The lowest BCUT2D eigenvalue weighted by atomic mass is 10.0. The Bertz CT molecular complexity index is 863. The lowest BCUT2D eigenvalue weighted by molar-refractivity contribution is -0.119. The second kappa shape index (κ2) is 11.6. The maximum atomic E-state index is 12.6. The Morgan fingerprint density at radius 1 is 0.875 bits per heavy atom. The Labute approximate surface area is 190 Å². The lowest BCUT2D eigenvalue weighted by Crippen LogP contribution is -2.47. The molecule has 1 fully saturated rings. The van der Waals surface area contributed by atoms with Gasteiger partial charge in [0.25, 0.3) is 0 Å². The van der Waals surface area contributed by atoms with E-state index in [9.17, 15) is 9.59 Å². The molecule has 7 heteroatoms. The van der Waals surface area contributed by atoms with Crippen molar-refractivity contribution in [3.8, 4) is 0 Å². The van der Waals surface area contributed by atoms with Crippen LogP contribution in [-0.4, -0.2) is 61.1 Å². The molecule has 1 atom stereocenters. The van der Waals surface area contributed by atoms with Gasteiger partial charge in [-0.05, 0) is 29.2 Å². The minimum atomic E-state index is -0.658. The van der Waals surface area contributed by atoms with Crippen LogP contribution >= 0.6 is 0 Å². The van der Waals surface area contributed by atoms with Crippen molar-refractivity contribution in [3.63, 3.8) is 0 Å². The van der Waals surface area contributed by atoms with Gasteiger partial charge < -0.3 is 15.4 Å². The maximum Gasteiger partial charge on any atom is 0.407 e. The molecule has 1 aliphatic heterocycles. The van der Waals surface area contributed by atoms with Gasteiger partial charge in [-0.1, -0.05) is 56.3 Å². The van der Waals surface area contributed by atoms with Crippen LogP contribution in [0, 0.1) is 5.92 Å². The molecule has 1 unspecified atom stereocenters. The van der Waals surface area contributed by atoms with E-state index in [-0.39, 0.29) is 11.8 Å². The fourth-order valence-corrected chi connectivity index (χ4v) is 3.84. The van der Waals surface area contributed by atoms with E-state index in [0.717, 1.165) is 39.3 Å². The molecule has 0 spiro atoms. The third-order valence-electron chi connectivity index (χ3n) is 5.75. The molecular formula is C25H34N4O3. The summed E-state index contributed by atoms with van der Waals surface area (Å²) >= 11 is 0. The normalized spacial score (nSPS) is 15.9. The lowest BCUT2D eigenvalue weighted by Gasteiger charge is -2.34. The van der Waals surface area contributed by atoms with Gasteiger partial charge in [-0.15, -0.1) is 0 Å². The van der Waals surface area contributed by atoms with Crippen molar-refractivity contribution in [2.45, 2.75) is 33.0 Å². The first-order valence-electron chi connectivity index (χ1n) is 11.2. The number of methoxy groups -OCH3 is 1. The summed E-state index contributed by atoms with van der Waals surface area (Å²) in [5.74, 6) is -0.318. The molecule has 0 aliphatic carbocycles. The van der Waals surface area contributed by atoms with Crippen molar-refractivity contribution in [2.75, 3.05) is 38.6 Å². The summed E-state index contributed by atoms with van der Waals surface area (Å²) in [4.78, 5) is 29.0. The topological polar surface area (TPSA) is 73.9 Å². The van der Waals surface area contributed by atoms with E-state index in [4.69, 9.17) is 0 Å². The van der Waals surface area contributed by atoms with Gasteiger partial charge in [-0.2, -0.15) is 0 Å². The molecule has 3 rings (SSSR count). The fourth-order valence-electron chi connectivity index (χ4n) is 3.84. The summed E-state index contributed by atoms with van der Waals surface area (Å²) in [5, 5.41) is 5.47. The van der Waals surface area contributed by atoms with Crippen LogP contribution < -0.4 is 10.6 Å². The van der Waals surface area contributed by atoms with E-state index in [1.807, 2.05) is 38.1 Å². The van der Waals surface area contributed by atoms with Crippen LogP contribution in [0.3, 0.4) is 0 Å². The highest BCUT2D eigenvalue weighted by Gasteiger charge is 2.24. The summed E-state index contributed by atoms with van der Waals surface area (Å²) < 4.78 is 4.62. The zero-order valence-corrected chi connectivity index (χ0v) is 19.2. The number of carbonyl (C=O) groups is 2. The number of nitrogens with zero attached hydrogens (tertiary/aromatic N) is 2. The van der Waals surface area contributed by atoms with Crippen LogP contribution in [0.4, 0.5) is 10.5 Å². The number of carbonyl (C=O) groups excluding carboxylic acids is 2. The summed E-state index contributed by atoms with van der Waals surface area (Å²) in [6, 6.07) is 17.9. The zero-order chi connectivity index (χ0) is 22.9. The largest absolute Gasteiger partial charge is 0.453 e. The molecule has 1 saturated heterocycles. The predicted octanol–water partition coefficient (Wildman–Crippen LogP) is 3.32. The number of alkyl carbamates (subject to hydrolysis) is 1. The highest BCUT2D eigenvalue weighted by atomic mass is 16.5. The first-order chi connectivity index (χ1) is 15.4. The van der Waals surface area contributed by atoms with Gasteiger partial charge >= 0.3 is 6.09 Å². The Morgan fingerprint density at radius 3 is 1.91 bits per heavy atom. The third-order valence-corrected chi connectivity index (χ3v) is 5.75. The summed E-state index contributed by atoms with van der Waals surface area (Å²) in [5.41, 5.74) is 3.29. The number of nitrogens with one attached hydrogen (secondary N) is 2. The number of benzene rings is 2. The number of hydrogen-bond acceptors (Lipinski definition) is 5. The van der Waals surface area contributed by atoms with Crippen LogP contribution in [0.2, 0.25) is 0 Å². The number of piperazine rings is 1. The van der Waals surface area contributed by atoms with Crippen molar-refractivity contribution in [3.05, 3.63) is 65.7 Å². The maximum absolute atomic E-state index is 12.6. The second-order valence-corrected chi connectivity index (χ2v) is 8.58. The van der Waals surface area contributed by atoms with Crippen molar-refractivity contribution >= 4 is 17.7 Å². The number of hydrogen-bond donors (Lipinski definition) is 2. The molecule has 0 radical (unpaired) electrons. The number of amides is 2. The van der Waals surface area contributed by atoms with Gasteiger partial charge in [-0.3, -0.25) is 14.6 Å². The minimum absolute atomic E-state index is 0.0612. The average Bonchev–Trinajstić information content (AvgIpc) is 2.80. The van der Waals surface area contributed by atoms with Gasteiger partial charge in [0.05, 0.1) is 7.11 Å². The van der Waals surface area contributed by atoms with Crippen molar-refractivity contribution < 1.29 is 14.3 Å². The van der Waals surface area contributed by atoms with Gasteiger partial charge in [0, 0.05) is 45.0 Å². The van der Waals surface area contributed by atoms with Crippen LogP contribution in [0.5, 0.6) is 0 Å². The van der Waals surface area contributed by atoms with Crippen LogP contribution in [0.25, 0.3) is 0 Å². The van der Waals surface area contributed by atoms with E-state index in [1.165, 1.54) is 18.2 Å². The monoisotopic (exact) mass is 438 g/mol. The molecule has 0 bridgehead atoms. The average molecular weight is 439 g/mol. The first kappa shape index (κ1) is 23.8. The molecule has 7 nitrogen and oxygen atoms in total. The van der Waals surface area contributed by atoms with Crippen LogP contribution in [0.15, 0.2) is 54.6 Å². The first-order valence-corrected chi connectivity index (χ1v) is 11.2. The van der Waals surface area contributed by atoms with E-state index in [1.54, 1.807) is 0 Å². The molecule has 32 heavy (non-hydrogen) atoms. The van der Waals surface area contributed by atoms with Crippen molar-refractivity contribution in [2.24, 2.45) is 5.92 Å². The zero-order valence-electron chi connectivity index (χ0n) is 19.2. The molecule has 2 aromatic carbocycles. The fraction of sp³-hybridized carbons (Fsp3) is 0.440. The number of anilines is 1. The van der Waals surface area contributed by atoms with E-state index < -0.39 is 12.1 Å². The summed E-state index contributed by atoms with van der Waals surface area (Å²) in [7, 11) is 1.28. The van der Waals surface area contributed by atoms with Crippen molar-refractivity contribution in [1.82, 2.24) is 15.1 Å². The summed E-state index contributed by atoms with van der Waals surface area (Å²) in [6.45, 7) is 9.86. The molecule has 2 amide bonds. The molecule has 2 N–H and O–H groups in total. The Balaban J connectivity index is 1.46. The molecule has 1 heterocycles. The molecule has 2 aromatic rings. The third kappa shape index (κ3) is 7.07. The molecule has 172 valence electrons. The Hall–Kier alpha value is -2.90. The molecular weight excluding hydrogens is 404 g/mol.